The van der Waals surface area contributed by atoms with Crippen LogP contribution in [-0.4, -0.2) is 57.8 Å². The molecule has 1 atom stereocenters. The topological polar surface area (TPSA) is 75.7 Å². The maximum absolute atomic E-state index is 12.4. The predicted octanol–water partition coefficient (Wildman–Crippen LogP) is 1.72. The molecule has 6 nitrogen and oxygen atoms in total. The molecule has 0 aliphatic carbocycles. The Morgan fingerprint density at radius 3 is 2.70 bits per heavy atom. The van der Waals surface area contributed by atoms with Crippen LogP contribution in [0.3, 0.4) is 0 Å². The average molecular weight is 388 g/mol. The molecule has 3 rings (SSSR count). The lowest BCUT2D eigenvalue weighted by Crippen LogP contribution is -2.47. The smallest absolute Gasteiger partial charge is 0.251 e. The Labute approximate surface area is 160 Å². The summed E-state index contributed by atoms with van der Waals surface area (Å²) >= 11 is 0. The fourth-order valence-corrected chi connectivity index (χ4v) is 3.73. The van der Waals surface area contributed by atoms with Crippen LogP contribution in [-0.2, 0) is 21.1 Å². The van der Waals surface area contributed by atoms with Crippen molar-refractivity contribution in [1.29, 1.82) is 0 Å². The van der Waals surface area contributed by atoms with Crippen molar-refractivity contribution in [1.82, 2.24) is 10.2 Å². The van der Waals surface area contributed by atoms with Crippen molar-refractivity contribution in [3.63, 3.8) is 0 Å². The van der Waals surface area contributed by atoms with Crippen LogP contribution in [0.4, 0.5) is 0 Å². The maximum Gasteiger partial charge on any atom is 0.251 e. The van der Waals surface area contributed by atoms with E-state index in [0.717, 1.165) is 25.9 Å². The van der Waals surface area contributed by atoms with Crippen molar-refractivity contribution in [2.75, 3.05) is 32.5 Å². The van der Waals surface area contributed by atoms with Crippen molar-refractivity contribution < 1.29 is 17.9 Å². The fourth-order valence-electron chi connectivity index (χ4n) is 3.07. The second-order valence-electron chi connectivity index (χ2n) is 6.72. The first-order valence-electron chi connectivity index (χ1n) is 8.88. The van der Waals surface area contributed by atoms with E-state index in [4.69, 9.17) is 4.74 Å². The Morgan fingerprint density at radius 2 is 1.96 bits per heavy atom. The first kappa shape index (κ1) is 19.5. The highest BCUT2D eigenvalue weighted by atomic mass is 32.2. The van der Waals surface area contributed by atoms with Crippen LogP contribution in [0.1, 0.15) is 15.9 Å². The average Bonchev–Trinajstić information content (AvgIpc) is 2.67. The fraction of sp³-hybridized carbons (Fsp3) is 0.350. The molecule has 0 bridgehead atoms. The van der Waals surface area contributed by atoms with Gasteiger partial charge in [-0.3, -0.25) is 9.69 Å². The SMILES string of the molecule is CS(=O)(=O)c1cccc(C(=O)NCC2CN(Cc3ccccc3)CCO2)c1. The van der Waals surface area contributed by atoms with Crippen LogP contribution >= 0.6 is 0 Å². The molecule has 0 spiro atoms. The number of rotatable bonds is 6. The standard InChI is InChI=1S/C20H24N2O4S/c1-27(24,25)19-9-5-8-17(12-19)20(23)21-13-18-15-22(10-11-26-18)14-16-6-3-2-4-7-16/h2-9,12,18H,10-11,13-15H2,1H3,(H,21,23). The molecule has 1 heterocycles. The van der Waals surface area contributed by atoms with Gasteiger partial charge in [0.05, 0.1) is 17.6 Å². The van der Waals surface area contributed by atoms with Crippen molar-refractivity contribution in [3.05, 3.63) is 65.7 Å². The molecule has 0 radical (unpaired) electrons. The molecule has 0 aromatic heterocycles. The minimum Gasteiger partial charge on any atom is -0.374 e. The first-order valence-corrected chi connectivity index (χ1v) is 10.8. The molecule has 1 N–H and O–H groups in total. The Balaban J connectivity index is 1.54. The van der Waals surface area contributed by atoms with Crippen molar-refractivity contribution in [3.8, 4) is 0 Å². The van der Waals surface area contributed by atoms with Gasteiger partial charge in [0.2, 0.25) is 0 Å². The van der Waals surface area contributed by atoms with Gasteiger partial charge in [-0.15, -0.1) is 0 Å². The third kappa shape index (κ3) is 5.63. The van der Waals surface area contributed by atoms with E-state index in [9.17, 15) is 13.2 Å². The summed E-state index contributed by atoms with van der Waals surface area (Å²) in [5.41, 5.74) is 1.58. The van der Waals surface area contributed by atoms with E-state index in [1.54, 1.807) is 12.1 Å². The van der Waals surface area contributed by atoms with E-state index in [1.165, 1.54) is 17.7 Å². The number of benzene rings is 2. The molecule has 1 saturated heterocycles. The zero-order valence-corrected chi connectivity index (χ0v) is 16.1. The lowest BCUT2D eigenvalue weighted by atomic mass is 10.2. The summed E-state index contributed by atoms with van der Waals surface area (Å²) in [6.07, 6.45) is 1.03. The summed E-state index contributed by atoms with van der Waals surface area (Å²) in [6, 6.07) is 16.3. The summed E-state index contributed by atoms with van der Waals surface area (Å²) in [5, 5.41) is 2.85. The molecular formula is C20H24N2O4S. The van der Waals surface area contributed by atoms with Crippen molar-refractivity contribution >= 4 is 15.7 Å². The lowest BCUT2D eigenvalue weighted by Gasteiger charge is -2.33. The number of morpholine rings is 1. The molecule has 2 aromatic carbocycles. The van der Waals surface area contributed by atoms with E-state index < -0.39 is 9.84 Å². The molecule has 0 saturated carbocycles. The molecule has 1 aliphatic rings. The molecule has 7 heteroatoms. The Morgan fingerprint density at radius 1 is 1.19 bits per heavy atom. The van der Waals surface area contributed by atoms with Crippen LogP contribution in [0.25, 0.3) is 0 Å². The number of ether oxygens (including phenoxy) is 1. The minimum absolute atomic E-state index is 0.0931. The summed E-state index contributed by atoms with van der Waals surface area (Å²) in [4.78, 5) is 14.8. The molecule has 27 heavy (non-hydrogen) atoms. The van der Waals surface area contributed by atoms with Gasteiger partial charge in [-0.05, 0) is 23.8 Å². The number of amides is 1. The molecule has 144 valence electrons. The highest BCUT2D eigenvalue weighted by Gasteiger charge is 2.21. The zero-order chi connectivity index (χ0) is 19.3. The van der Waals surface area contributed by atoms with Gasteiger partial charge in [-0.2, -0.15) is 0 Å². The van der Waals surface area contributed by atoms with Crippen LogP contribution in [0.2, 0.25) is 0 Å². The zero-order valence-electron chi connectivity index (χ0n) is 15.3. The number of nitrogens with one attached hydrogen (secondary N) is 1. The largest absolute Gasteiger partial charge is 0.374 e. The monoisotopic (exact) mass is 388 g/mol. The molecule has 1 fully saturated rings. The van der Waals surface area contributed by atoms with E-state index in [0.29, 0.717) is 18.7 Å². The first-order chi connectivity index (χ1) is 12.9. The number of carbonyl (C=O) groups is 1. The van der Waals surface area contributed by atoms with Crippen LogP contribution in [0.15, 0.2) is 59.5 Å². The second-order valence-corrected chi connectivity index (χ2v) is 8.74. The number of hydrogen-bond donors (Lipinski definition) is 1. The predicted molar refractivity (Wildman–Crippen MR) is 103 cm³/mol. The Hall–Kier alpha value is -2.22. The van der Waals surface area contributed by atoms with Gasteiger partial charge in [-0.25, -0.2) is 8.42 Å². The Kier molecular flexibility index (Phi) is 6.26. The van der Waals surface area contributed by atoms with Gasteiger partial charge in [0.25, 0.3) is 5.91 Å². The highest BCUT2D eigenvalue weighted by Crippen LogP contribution is 2.12. The van der Waals surface area contributed by atoms with Gasteiger partial charge in [-0.1, -0.05) is 36.4 Å². The van der Waals surface area contributed by atoms with E-state index in [1.807, 2.05) is 18.2 Å². The molecule has 2 aromatic rings. The summed E-state index contributed by atoms with van der Waals surface area (Å²) in [7, 11) is -3.34. The molecule has 1 amide bonds. The van der Waals surface area contributed by atoms with E-state index >= 15 is 0 Å². The third-order valence-corrected chi connectivity index (χ3v) is 5.60. The van der Waals surface area contributed by atoms with Gasteiger partial charge in [0.15, 0.2) is 9.84 Å². The summed E-state index contributed by atoms with van der Waals surface area (Å²) in [5.74, 6) is -0.302. The van der Waals surface area contributed by atoms with Crippen molar-refractivity contribution in [2.45, 2.75) is 17.5 Å². The van der Waals surface area contributed by atoms with Crippen LogP contribution < -0.4 is 5.32 Å². The Bertz CT molecular complexity index is 884. The van der Waals surface area contributed by atoms with E-state index in [2.05, 4.69) is 22.3 Å². The summed E-state index contributed by atoms with van der Waals surface area (Å²) in [6.45, 7) is 3.45. The summed E-state index contributed by atoms with van der Waals surface area (Å²) < 4.78 is 29.0. The third-order valence-electron chi connectivity index (χ3n) is 4.49. The molecule has 1 aliphatic heterocycles. The highest BCUT2D eigenvalue weighted by molar-refractivity contribution is 7.90. The van der Waals surface area contributed by atoms with Gasteiger partial charge < -0.3 is 10.1 Å². The minimum atomic E-state index is -3.34. The van der Waals surface area contributed by atoms with Gasteiger partial charge >= 0.3 is 0 Å². The van der Waals surface area contributed by atoms with Crippen LogP contribution in [0.5, 0.6) is 0 Å². The number of hydrogen-bond acceptors (Lipinski definition) is 5. The number of carbonyl (C=O) groups excluding carboxylic acids is 1. The number of nitrogens with zero attached hydrogens (tertiary/aromatic N) is 1. The van der Waals surface area contributed by atoms with Gasteiger partial charge in [0.1, 0.15) is 0 Å². The normalized spacial score (nSPS) is 18.2. The molecular weight excluding hydrogens is 364 g/mol. The quantitative estimate of drug-likeness (QED) is 0.816. The molecule has 1 unspecified atom stereocenters. The lowest BCUT2D eigenvalue weighted by molar-refractivity contribution is -0.0292. The second kappa shape index (κ2) is 8.65. The van der Waals surface area contributed by atoms with Crippen LogP contribution in [0, 0.1) is 0 Å². The van der Waals surface area contributed by atoms with Crippen molar-refractivity contribution in [2.24, 2.45) is 0 Å². The number of sulfone groups is 1. The van der Waals surface area contributed by atoms with E-state index in [-0.39, 0.29) is 16.9 Å². The maximum atomic E-state index is 12.4. The van der Waals surface area contributed by atoms with Gasteiger partial charge in [0, 0.05) is 38.0 Å².